The van der Waals surface area contributed by atoms with Crippen molar-refractivity contribution in [1.29, 1.82) is 0 Å². The summed E-state index contributed by atoms with van der Waals surface area (Å²) in [7, 11) is 0. The number of nitrogens with zero attached hydrogens (tertiary/aromatic N) is 1. The van der Waals surface area contributed by atoms with Crippen molar-refractivity contribution in [3.05, 3.63) is 89.2 Å². The molecule has 126 valence electrons. The quantitative estimate of drug-likeness (QED) is 0.554. The number of ketones is 1. The summed E-state index contributed by atoms with van der Waals surface area (Å²) >= 11 is 6.09. The van der Waals surface area contributed by atoms with E-state index >= 15 is 0 Å². The van der Waals surface area contributed by atoms with Crippen LogP contribution in [0.15, 0.2) is 73.1 Å². The fourth-order valence-electron chi connectivity index (χ4n) is 2.96. The summed E-state index contributed by atoms with van der Waals surface area (Å²) in [6, 6.07) is 20.1. The second-order valence-electron chi connectivity index (χ2n) is 6.07. The van der Waals surface area contributed by atoms with Crippen molar-refractivity contribution >= 4 is 17.4 Å². The average Bonchev–Trinajstić information content (AvgIpc) is 2.67. The van der Waals surface area contributed by atoms with Gasteiger partial charge in [-0.2, -0.15) is 0 Å². The average molecular weight is 350 g/mol. The van der Waals surface area contributed by atoms with Crippen molar-refractivity contribution in [3.8, 4) is 11.1 Å². The third-order valence-electron chi connectivity index (χ3n) is 4.38. The zero-order chi connectivity index (χ0) is 17.6. The molecule has 3 aromatic rings. The number of hydrogen-bond donors (Lipinski definition) is 0. The Balaban J connectivity index is 1.92. The molecular formula is C22H20ClNO. The first-order chi connectivity index (χ1) is 12.2. The van der Waals surface area contributed by atoms with Crippen LogP contribution in [0.1, 0.15) is 36.8 Å². The molecule has 0 fully saturated rings. The number of Topliss-reactive ketones (excluding diaryl/α,β-unsaturated/α-hetero) is 1. The van der Waals surface area contributed by atoms with Gasteiger partial charge in [0.1, 0.15) is 5.78 Å². The van der Waals surface area contributed by atoms with Gasteiger partial charge in [0.15, 0.2) is 0 Å². The van der Waals surface area contributed by atoms with Crippen molar-refractivity contribution in [3.63, 3.8) is 0 Å². The molecule has 0 saturated heterocycles. The van der Waals surface area contributed by atoms with Gasteiger partial charge in [0.05, 0.1) is 0 Å². The van der Waals surface area contributed by atoms with E-state index in [4.69, 9.17) is 11.6 Å². The maximum absolute atomic E-state index is 12.1. The number of aromatic nitrogens is 1. The van der Waals surface area contributed by atoms with E-state index in [-0.39, 0.29) is 11.7 Å². The largest absolute Gasteiger partial charge is 0.300 e. The number of halogens is 1. The van der Waals surface area contributed by atoms with Crippen LogP contribution in [0, 0.1) is 0 Å². The van der Waals surface area contributed by atoms with Crippen LogP contribution in [-0.2, 0) is 4.79 Å². The van der Waals surface area contributed by atoms with Gasteiger partial charge in [-0.3, -0.25) is 9.78 Å². The highest BCUT2D eigenvalue weighted by Gasteiger charge is 2.17. The smallest absolute Gasteiger partial charge is 0.133 e. The second-order valence-corrected chi connectivity index (χ2v) is 6.50. The molecule has 0 N–H and O–H groups in total. The van der Waals surface area contributed by atoms with E-state index in [0.29, 0.717) is 12.8 Å². The Morgan fingerprint density at radius 3 is 2.44 bits per heavy atom. The monoisotopic (exact) mass is 349 g/mol. The summed E-state index contributed by atoms with van der Waals surface area (Å²) in [5.74, 6) is 0.294. The van der Waals surface area contributed by atoms with Gasteiger partial charge in [0, 0.05) is 36.2 Å². The number of rotatable bonds is 6. The molecular weight excluding hydrogens is 330 g/mol. The molecule has 1 atom stereocenters. The molecule has 25 heavy (non-hydrogen) atoms. The maximum Gasteiger partial charge on any atom is 0.133 e. The highest BCUT2D eigenvalue weighted by atomic mass is 35.5. The van der Waals surface area contributed by atoms with E-state index < -0.39 is 0 Å². The standard InChI is InChI=1S/C22H20ClNO/c1-2-21(25)14-22(19-6-4-12-24-15-19)17-10-8-16(9-11-17)18-5-3-7-20(23)13-18/h3-13,15,22H,2,14H2,1H3. The SMILES string of the molecule is CCC(=O)CC(c1ccc(-c2cccc(Cl)c2)cc1)c1cccnc1. The van der Waals surface area contributed by atoms with E-state index in [2.05, 4.69) is 29.2 Å². The van der Waals surface area contributed by atoms with E-state index in [1.165, 1.54) is 0 Å². The van der Waals surface area contributed by atoms with Crippen LogP contribution in [0.3, 0.4) is 0 Å². The fraction of sp³-hybridized carbons (Fsp3) is 0.182. The highest BCUT2D eigenvalue weighted by molar-refractivity contribution is 6.30. The second kappa shape index (κ2) is 8.09. The molecule has 1 unspecified atom stereocenters. The molecule has 0 bridgehead atoms. The number of benzene rings is 2. The third kappa shape index (κ3) is 4.34. The van der Waals surface area contributed by atoms with Crippen molar-refractivity contribution in [2.24, 2.45) is 0 Å². The Labute approximate surface area is 153 Å². The Kier molecular flexibility index (Phi) is 5.62. The van der Waals surface area contributed by atoms with Gasteiger partial charge < -0.3 is 0 Å². The minimum Gasteiger partial charge on any atom is -0.300 e. The lowest BCUT2D eigenvalue weighted by Gasteiger charge is -2.17. The first-order valence-electron chi connectivity index (χ1n) is 8.45. The summed E-state index contributed by atoms with van der Waals surface area (Å²) < 4.78 is 0. The summed E-state index contributed by atoms with van der Waals surface area (Å²) in [6.45, 7) is 1.91. The van der Waals surface area contributed by atoms with Crippen molar-refractivity contribution < 1.29 is 4.79 Å². The van der Waals surface area contributed by atoms with Crippen LogP contribution in [0.4, 0.5) is 0 Å². The van der Waals surface area contributed by atoms with Crippen LogP contribution in [-0.4, -0.2) is 10.8 Å². The summed E-state index contributed by atoms with van der Waals surface area (Å²) in [5.41, 5.74) is 4.39. The molecule has 2 aromatic carbocycles. The molecule has 0 saturated carbocycles. The van der Waals surface area contributed by atoms with Crippen molar-refractivity contribution in [1.82, 2.24) is 4.98 Å². The van der Waals surface area contributed by atoms with Gasteiger partial charge in [-0.25, -0.2) is 0 Å². The first kappa shape index (κ1) is 17.4. The number of carbonyl (C=O) groups excluding carboxylic acids is 1. The molecule has 2 nitrogen and oxygen atoms in total. The van der Waals surface area contributed by atoms with Crippen molar-refractivity contribution in [2.75, 3.05) is 0 Å². The van der Waals surface area contributed by atoms with Gasteiger partial charge in [-0.1, -0.05) is 61.0 Å². The van der Waals surface area contributed by atoms with Gasteiger partial charge in [0.2, 0.25) is 0 Å². The molecule has 0 amide bonds. The number of carbonyl (C=O) groups is 1. The maximum atomic E-state index is 12.1. The summed E-state index contributed by atoms with van der Waals surface area (Å²) in [5, 5.41) is 0.725. The first-order valence-corrected chi connectivity index (χ1v) is 8.82. The Bertz CT molecular complexity index is 843. The molecule has 0 spiro atoms. The van der Waals surface area contributed by atoms with Crippen LogP contribution in [0.2, 0.25) is 5.02 Å². The fourth-order valence-corrected chi connectivity index (χ4v) is 3.15. The van der Waals surface area contributed by atoms with Crippen LogP contribution in [0.5, 0.6) is 0 Å². The topological polar surface area (TPSA) is 30.0 Å². The van der Waals surface area contributed by atoms with Crippen LogP contribution < -0.4 is 0 Å². The Hall–Kier alpha value is -2.45. The minimum atomic E-state index is 0.0366. The van der Waals surface area contributed by atoms with E-state index in [9.17, 15) is 4.79 Å². The molecule has 1 aromatic heterocycles. The zero-order valence-corrected chi connectivity index (χ0v) is 14.9. The van der Waals surface area contributed by atoms with Crippen LogP contribution >= 0.6 is 11.6 Å². The third-order valence-corrected chi connectivity index (χ3v) is 4.62. The number of hydrogen-bond acceptors (Lipinski definition) is 2. The minimum absolute atomic E-state index is 0.0366. The van der Waals surface area contributed by atoms with Gasteiger partial charge in [0.25, 0.3) is 0 Å². The normalized spacial score (nSPS) is 11.9. The highest BCUT2D eigenvalue weighted by Crippen LogP contribution is 2.30. The van der Waals surface area contributed by atoms with Gasteiger partial charge in [-0.05, 0) is 40.5 Å². The van der Waals surface area contributed by atoms with Gasteiger partial charge >= 0.3 is 0 Å². The molecule has 0 radical (unpaired) electrons. The lowest BCUT2D eigenvalue weighted by atomic mass is 9.87. The predicted octanol–water partition coefficient (Wildman–Crippen LogP) is 5.90. The van der Waals surface area contributed by atoms with E-state index in [1.54, 1.807) is 6.20 Å². The molecule has 3 heteroatoms. The summed E-state index contributed by atoms with van der Waals surface area (Å²) in [6.07, 6.45) is 4.65. The van der Waals surface area contributed by atoms with E-state index in [0.717, 1.165) is 27.3 Å². The van der Waals surface area contributed by atoms with Crippen LogP contribution in [0.25, 0.3) is 11.1 Å². The molecule has 0 aliphatic carbocycles. The zero-order valence-electron chi connectivity index (χ0n) is 14.2. The van der Waals surface area contributed by atoms with E-state index in [1.807, 2.05) is 49.5 Å². The lowest BCUT2D eigenvalue weighted by molar-refractivity contribution is -0.118. The van der Waals surface area contributed by atoms with Gasteiger partial charge in [-0.15, -0.1) is 0 Å². The Morgan fingerprint density at radius 2 is 1.80 bits per heavy atom. The molecule has 3 rings (SSSR count). The molecule has 1 heterocycles. The molecule has 0 aliphatic rings. The predicted molar refractivity (Wildman–Crippen MR) is 103 cm³/mol. The Morgan fingerprint density at radius 1 is 1.00 bits per heavy atom. The number of pyridine rings is 1. The summed E-state index contributed by atoms with van der Waals surface area (Å²) in [4.78, 5) is 16.3. The lowest BCUT2D eigenvalue weighted by Crippen LogP contribution is -2.08. The molecule has 0 aliphatic heterocycles. The van der Waals surface area contributed by atoms with Crippen molar-refractivity contribution in [2.45, 2.75) is 25.7 Å².